The Morgan fingerprint density at radius 2 is 1.86 bits per heavy atom. The molecule has 0 radical (unpaired) electrons. The van der Waals surface area contributed by atoms with Crippen molar-refractivity contribution < 1.29 is 0 Å². The molecule has 0 aliphatic heterocycles. The van der Waals surface area contributed by atoms with E-state index < -0.39 is 0 Å². The van der Waals surface area contributed by atoms with Gasteiger partial charge < -0.3 is 10.6 Å². The van der Waals surface area contributed by atoms with E-state index in [-0.39, 0.29) is 11.6 Å². The van der Waals surface area contributed by atoms with Crippen molar-refractivity contribution in [2.75, 3.05) is 14.1 Å². The van der Waals surface area contributed by atoms with E-state index in [1.165, 1.54) is 42.4 Å². The molecule has 0 aromatic heterocycles. The molecular formula is C19H32N2. The van der Waals surface area contributed by atoms with Gasteiger partial charge in [0, 0.05) is 11.6 Å². The van der Waals surface area contributed by atoms with Gasteiger partial charge in [0.2, 0.25) is 0 Å². The second-order valence-electron chi connectivity index (χ2n) is 7.51. The van der Waals surface area contributed by atoms with Gasteiger partial charge in [0.05, 0.1) is 0 Å². The van der Waals surface area contributed by atoms with Gasteiger partial charge in [0.25, 0.3) is 0 Å². The third-order valence-corrected chi connectivity index (χ3v) is 5.33. The number of nitrogens with zero attached hydrogens (tertiary/aromatic N) is 1. The van der Waals surface area contributed by atoms with Gasteiger partial charge in [-0.2, -0.15) is 0 Å². The molecule has 3 atom stereocenters. The highest BCUT2D eigenvalue weighted by molar-refractivity contribution is 5.29. The van der Waals surface area contributed by atoms with Gasteiger partial charge in [-0.1, -0.05) is 49.1 Å². The molecule has 1 aliphatic carbocycles. The second kappa shape index (κ2) is 6.50. The summed E-state index contributed by atoms with van der Waals surface area (Å²) in [6, 6.07) is 7.03. The number of hydrogen-bond donors (Lipinski definition) is 1. The lowest BCUT2D eigenvalue weighted by molar-refractivity contribution is 0.0504. The molecule has 2 heteroatoms. The lowest BCUT2D eigenvalue weighted by atomic mass is 9.70. The first-order chi connectivity index (χ1) is 9.83. The highest BCUT2D eigenvalue weighted by Gasteiger charge is 2.41. The van der Waals surface area contributed by atoms with Crippen LogP contribution in [0.15, 0.2) is 18.2 Å². The van der Waals surface area contributed by atoms with Gasteiger partial charge in [0.15, 0.2) is 0 Å². The standard InChI is InChI=1S/C19H32N2/c1-14-7-6-8-19(13-14,21(4)5)18(20)12-17-10-15(2)9-16(3)11-17/h9-11,14,18H,6-8,12-13,20H2,1-5H3. The summed E-state index contributed by atoms with van der Waals surface area (Å²) in [5, 5.41) is 0. The fraction of sp³-hybridized carbons (Fsp3) is 0.684. The third-order valence-electron chi connectivity index (χ3n) is 5.33. The van der Waals surface area contributed by atoms with Crippen molar-refractivity contribution in [2.45, 2.75) is 64.5 Å². The molecule has 2 N–H and O–H groups in total. The Balaban J connectivity index is 2.20. The van der Waals surface area contributed by atoms with Gasteiger partial charge in [-0.15, -0.1) is 0 Å². The molecule has 0 bridgehead atoms. The smallest absolute Gasteiger partial charge is 0.0360 e. The number of nitrogens with two attached hydrogens (primary N) is 1. The zero-order chi connectivity index (χ0) is 15.6. The van der Waals surface area contributed by atoms with Crippen molar-refractivity contribution in [3.8, 4) is 0 Å². The summed E-state index contributed by atoms with van der Waals surface area (Å²) >= 11 is 0. The van der Waals surface area contributed by atoms with E-state index in [0.717, 1.165) is 12.3 Å². The molecule has 0 spiro atoms. The molecule has 1 fully saturated rings. The topological polar surface area (TPSA) is 29.3 Å². The summed E-state index contributed by atoms with van der Waals surface area (Å²) in [7, 11) is 4.42. The van der Waals surface area contributed by atoms with Crippen molar-refractivity contribution in [1.82, 2.24) is 4.90 Å². The van der Waals surface area contributed by atoms with Crippen LogP contribution in [0.25, 0.3) is 0 Å². The summed E-state index contributed by atoms with van der Waals surface area (Å²) in [4.78, 5) is 2.40. The Labute approximate surface area is 130 Å². The summed E-state index contributed by atoms with van der Waals surface area (Å²) in [5.74, 6) is 0.784. The molecule has 0 saturated heterocycles. The Morgan fingerprint density at radius 3 is 2.38 bits per heavy atom. The largest absolute Gasteiger partial charge is 0.326 e. The zero-order valence-corrected chi connectivity index (χ0v) is 14.4. The molecular weight excluding hydrogens is 256 g/mol. The Hall–Kier alpha value is -0.860. The Morgan fingerprint density at radius 1 is 1.24 bits per heavy atom. The first-order valence-corrected chi connectivity index (χ1v) is 8.33. The van der Waals surface area contributed by atoms with Crippen LogP contribution in [0.4, 0.5) is 0 Å². The van der Waals surface area contributed by atoms with E-state index in [4.69, 9.17) is 5.73 Å². The fourth-order valence-electron chi connectivity index (χ4n) is 4.27. The van der Waals surface area contributed by atoms with Crippen LogP contribution in [0.3, 0.4) is 0 Å². The van der Waals surface area contributed by atoms with Crippen LogP contribution >= 0.6 is 0 Å². The first kappa shape index (κ1) is 16.5. The van der Waals surface area contributed by atoms with E-state index in [1.54, 1.807) is 0 Å². The second-order valence-corrected chi connectivity index (χ2v) is 7.51. The van der Waals surface area contributed by atoms with Crippen LogP contribution < -0.4 is 5.73 Å². The number of likely N-dealkylation sites (N-methyl/N-ethyl adjacent to an activating group) is 1. The quantitative estimate of drug-likeness (QED) is 0.915. The third kappa shape index (κ3) is 3.67. The van der Waals surface area contributed by atoms with E-state index >= 15 is 0 Å². The highest BCUT2D eigenvalue weighted by Crippen LogP contribution is 2.38. The van der Waals surface area contributed by atoms with Crippen LogP contribution in [-0.2, 0) is 6.42 Å². The van der Waals surface area contributed by atoms with E-state index in [0.29, 0.717) is 0 Å². The summed E-state index contributed by atoms with van der Waals surface area (Å²) < 4.78 is 0. The number of aryl methyl sites for hydroxylation is 2. The predicted octanol–water partition coefficient (Wildman–Crippen LogP) is 3.68. The zero-order valence-electron chi connectivity index (χ0n) is 14.4. The monoisotopic (exact) mass is 288 g/mol. The van der Waals surface area contributed by atoms with Crippen LogP contribution in [0.5, 0.6) is 0 Å². The van der Waals surface area contributed by atoms with Crippen LogP contribution in [-0.4, -0.2) is 30.6 Å². The van der Waals surface area contributed by atoms with Gasteiger partial charge in [0.1, 0.15) is 0 Å². The number of rotatable bonds is 4. The molecule has 1 aromatic carbocycles. The Kier molecular flexibility index (Phi) is 5.11. The molecule has 2 rings (SSSR count). The minimum Gasteiger partial charge on any atom is -0.326 e. The molecule has 3 unspecified atom stereocenters. The van der Waals surface area contributed by atoms with Crippen LogP contribution in [0.1, 0.15) is 49.3 Å². The number of benzene rings is 1. The predicted molar refractivity (Wildman–Crippen MR) is 91.6 cm³/mol. The molecule has 1 aromatic rings. The fourth-order valence-corrected chi connectivity index (χ4v) is 4.27. The minimum atomic E-state index is 0.162. The SMILES string of the molecule is Cc1cc(C)cc(CC(N)C2(N(C)C)CCCC(C)C2)c1. The minimum absolute atomic E-state index is 0.162. The molecule has 1 aliphatic rings. The Bertz CT molecular complexity index is 460. The van der Waals surface area contributed by atoms with Crippen LogP contribution in [0.2, 0.25) is 0 Å². The van der Waals surface area contributed by atoms with Crippen molar-refractivity contribution in [1.29, 1.82) is 0 Å². The maximum atomic E-state index is 6.74. The maximum Gasteiger partial charge on any atom is 0.0360 e. The summed E-state index contributed by atoms with van der Waals surface area (Å²) in [5.41, 5.74) is 11.0. The van der Waals surface area contributed by atoms with E-state index in [2.05, 4.69) is 58.0 Å². The lowest BCUT2D eigenvalue weighted by Crippen LogP contribution is -2.60. The summed E-state index contributed by atoms with van der Waals surface area (Å²) in [6.45, 7) is 6.72. The van der Waals surface area contributed by atoms with Crippen LogP contribution in [0, 0.1) is 19.8 Å². The van der Waals surface area contributed by atoms with Crippen molar-refractivity contribution in [3.05, 3.63) is 34.9 Å². The summed E-state index contributed by atoms with van der Waals surface area (Å²) in [6.07, 6.45) is 6.10. The number of hydrogen-bond acceptors (Lipinski definition) is 2. The molecule has 21 heavy (non-hydrogen) atoms. The van der Waals surface area contributed by atoms with E-state index in [9.17, 15) is 0 Å². The maximum absolute atomic E-state index is 6.74. The van der Waals surface area contributed by atoms with Crippen molar-refractivity contribution in [3.63, 3.8) is 0 Å². The van der Waals surface area contributed by atoms with Gasteiger partial charge in [-0.05, 0) is 58.7 Å². The molecule has 0 amide bonds. The van der Waals surface area contributed by atoms with E-state index in [1.807, 2.05) is 0 Å². The van der Waals surface area contributed by atoms with Crippen molar-refractivity contribution in [2.24, 2.45) is 11.7 Å². The molecule has 118 valence electrons. The average molecular weight is 288 g/mol. The van der Waals surface area contributed by atoms with Crippen molar-refractivity contribution >= 4 is 0 Å². The molecule has 1 saturated carbocycles. The van der Waals surface area contributed by atoms with Gasteiger partial charge in [-0.3, -0.25) is 0 Å². The molecule has 2 nitrogen and oxygen atoms in total. The average Bonchev–Trinajstić information content (AvgIpc) is 2.36. The van der Waals surface area contributed by atoms with Gasteiger partial charge in [-0.25, -0.2) is 0 Å². The highest BCUT2D eigenvalue weighted by atomic mass is 15.2. The van der Waals surface area contributed by atoms with Gasteiger partial charge >= 0.3 is 0 Å². The lowest BCUT2D eigenvalue weighted by Gasteiger charge is -2.49. The first-order valence-electron chi connectivity index (χ1n) is 8.33. The normalized spacial score (nSPS) is 27.9. The molecule has 0 heterocycles.